The zero-order valence-corrected chi connectivity index (χ0v) is 19.0. The van der Waals surface area contributed by atoms with Gasteiger partial charge in [-0.05, 0) is 85.5 Å². The third kappa shape index (κ3) is 4.24. The van der Waals surface area contributed by atoms with Gasteiger partial charge in [-0.2, -0.15) is 13.2 Å². The summed E-state index contributed by atoms with van der Waals surface area (Å²) in [4.78, 5) is 20.1. The molecule has 2 N–H and O–H groups in total. The number of aryl methyl sites for hydroxylation is 1. The number of halogens is 4. The van der Waals surface area contributed by atoms with Crippen molar-refractivity contribution in [1.82, 2.24) is 14.5 Å². The molecule has 0 bridgehead atoms. The molecule has 2 aromatic heterocycles. The number of imidazole rings is 1. The summed E-state index contributed by atoms with van der Waals surface area (Å²) in [6.07, 6.45) is -0.968. The summed E-state index contributed by atoms with van der Waals surface area (Å²) in [6.45, 7) is 0. The van der Waals surface area contributed by atoms with Crippen LogP contribution in [0.5, 0.6) is 0 Å². The van der Waals surface area contributed by atoms with E-state index in [0.29, 0.717) is 47.6 Å². The average molecular weight is 484 g/mol. The van der Waals surface area contributed by atoms with E-state index < -0.39 is 23.9 Å². The fourth-order valence-corrected chi connectivity index (χ4v) is 5.53. The number of amides is 1. The van der Waals surface area contributed by atoms with Gasteiger partial charge in [-0.25, -0.2) is 9.37 Å². The first-order valence-corrected chi connectivity index (χ1v) is 11.5. The molecule has 1 amide bonds. The number of nitrogens with two attached hydrogens (primary N) is 1. The van der Waals surface area contributed by atoms with Crippen LogP contribution in [-0.2, 0) is 7.05 Å². The molecule has 1 aliphatic rings. The van der Waals surface area contributed by atoms with Gasteiger partial charge in [0.15, 0.2) is 0 Å². The molecule has 182 valence electrons. The molecule has 5 nitrogen and oxygen atoms in total. The van der Waals surface area contributed by atoms with Gasteiger partial charge in [0.25, 0.3) is 0 Å². The maximum Gasteiger partial charge on any atom is 0.399 e. The smallest absolute Gasteiger partial charge is 0.366 e. The Balaban J connectivity index is 1.45. The Morgan fingerprint density at radius 2 is 1.80 bits per heavy atom. The Kier molecular flexibility index (Phi) is 5.73. The molecule has 1 aliphatic carbocycles. The van der Waals surface area contributed by atoms with E-state index in [4.69, 9.17) is 5.73 Å². The molecule has 1 atom stereocenters. The van der Waals surface area contributed by atoms with Crippen LogP contribution < -0.4 is 5.73 Å². The predicted molar refractivity (Wildman–Crippen MR) is 124 cm³/mol. The number of hydrogen-bond donors (Lipinski definition) is 1. The summed E-state index contributed by atoms with van der Waals surface area (Å²) >= 11 is 0. The van der Waals surface area contributed by atoms with Gasteiger partial charge in [0.1, 0.15) is 17.6 Å². The first kappa shape index (κ1) is 23.3. The van der Waals surface area contributed by atoms with Gasteiger partial charge >= 0.3 is 6.18 Å². The van der Waals surface area contributed by atoms with Gasteiger partial charge in [0.2, 0.25) is 5.91 Å². The predicted octanol–water partition coefficient (Wildman–Crippen LogP) is 5.98. The van der Waals surface area contributed by atoms with Gasteiger partial charge in [0.05, 0.1) is 16.6 Å². The minimum atomic E-state index is -4.48. The van der Waals surface area contributed by atoms with Crippen LogP contribution in [-0.4, -0.2) is 26.6 Å². The molecule has 9 heteroatoms. The van der Waals surface area contributed by atoms with Gasteiger partial charge < -0.3 is 10.3 Å². The Morgan fingerprint density at radius 1 is 1.06 bits per heavy atom. The van der Waals surface area contributed by atoms with Crippen LogP contribution in [0.4, 0.5) is 17.6 Å². The molecule has 0 saturated heterocycles. The topological polar surface area (TPSA) is 73.8 Å². The van der Waals surface area contributed by atoms with E-state index in [1.54, 1.807) is 25.4 Å². The molecule has 0 aliphatic heterocycles. The van der Waals surface area contributed by atoms with Crippen molar-refractivity contribution in [1.29, 1.82) is 0 Å². The summed E-state index contributed by atoms with van der Waals surface area (Å²) in [5, 5.41) is 0.712. The number of carbonyl (C=O) groups excluding carboxylic acids is 1. The van der Waals surface area contributed by atoms with Crippen LogP contribution in [0.3, 0.4) is 0 Å². The van der Waals surface area contributed by atoms with Crippen LogP contribution in [0, 0.1) is 11.7 Å². The molecule has 1 saturated carbocycles. The maximum absolute atomic E-state index is 14.4. The summed E-state index contributed by atoms with van der Waals surface area (Å²) in [5.41, 5.74) is 7.95. The second-order valence-electron chi connectivity index (χ2n) is 9.29. The van der Waals surface area contributed by atoms with Gasteiger partial charge in [-0.3, -0.25) is 9.78 Å². The van der Waals surface area contributed by atoms with Gasteiger partial charge in [-0.15, -0.1) is 0 Å². The normalized spacial score (nSPS) is 19.8. The van der Waals surface area contributed by atoms with Crippen LogP contribution in [0.15, 0.2) is 48.7 Å². The van der Waals surface area contributed by atoms with E-state index in [1.165, 1.54) is 28.8 Å². The number of aromatic nitrogens is 3. The summed E-state index contributed by atoms with van der Waals surface area (Å²) in [6, 6.07) is 10.8. The lowest BCUT2D eigenvalue weighted by Gasteiger charge is -2.35. The summed E-state index contributed by atoms with van der Waals surface area (Å²) in [5.74, 6) is -3.42. The van der Waals surface area contributed by atoms with E-state index in [0.717, 1.165) is 5.56 Å². The number of hydrogen-bond acceptors (Lipinski definition) is 3. The first-order valence-electron chi connectivity index (χ1n) is 11.5. The molecule has 4 aromatic rings. The Bertz CT molecular complexity index is 1420. The second kappa shape index (κ2) is 8.62. The molecule has 2 aromatic carbocycles. The molecule has 5 rings (SSSR count). The number of carbonyl (C=O) groups is 1. The minimum absolute atomic E-state index is 0.0333. The lowest BCUT2D eigenvalue weighted by atomic mass is 9.73. The minimum Gasteiger partial charge on any atom is -0.366 e. The van der Waals surface area contributed by atoms with E-state index in [9.17, 15) is 22.4 Å². The molecule has 0 spiro atoms. The van der Waals surface area contributed by atoms with Crippen molar-refractivity contribution in [3.63, 3.8) is 0 Å². The number of alkyl halides is 3. The quantitative estimate of drug-likeness (QED) is 0.362. The van der Waals surface area contributed by atoms with Crippen LogP contribution in [0.1, 0.15) is 59.3 Å². The van der Waals surface area contributed by atoms with E-state index in [-0.39, 0.29) is 23.1 Å². The number of benzene rings is 2. The number of nitrogens with zero attached hydrogens (tertiary/aromatic N) is 3. The van der Waals surface area contributed by atoms with Crippen molar-refractivity contribution in [3.8, 4) is 0 Å². The van der Waals surface area contributed by atoms with Crippen molar-refractivity contribution in [2.24, 2.45) is 18.7 Å². The third-order valence-corrected chi connectivity index (χ3v) is 7.25. The first-order chi connectivity index (χ1) is 16.6. The number of pyridine rings is 1. The van der Waals surface area contributed by atoms with E-state index in [2.05, 4.69) is 9.97 Å². The largest absolute Gasteiger partial charge is 0.399 e. The standard InChI is InChI=1S/C26H24F4N4O/c1-34-22-9-6-16(24(31)35)12-21(22)33-25(34)23(26(28,29)30)15-4-2-14(3-5-15)18-10-11-32-20-8-7-17(27)13-19(18)20/h6-15,23H,2-5H2,1H3,(H2,31,35). The molecule has 1 fully saturated rings. The highest BCUT2D eigenvalue weighted by Crippen LogP contribution is 2.49. The summed E-state index contributed by atoms with van der Waals surface area (Å²) < 4.78 is 58.5. The van der Waals surface area contributed by atoms with Gasteiger partial charge in [-0.1, -0.05) is 0 Å². The highest BCUT2D eigenvalue weighted by Gasteiger charge is 2.49. The summed E-state index contributed by atoms with van der Waals surface area (Å²) in [7, 11) is 1.57. The SMILES string of the molecule is Cn1c(C(C2CCC(c3ccnc4ccc(F)cc34)CC2)C(F)(F)F)nc2cc(C(N)=O)ccc21. The zero-order chi connectivity index (χ0) is 24.9. The number of primary amides is 1. The number of rotatable bonds is 4. The van der Waals surface area contributed by atoms with E-state index in [1.807, 2.05) is 6.07 Å². The van der Waals surface area contributed by atoms with Crippen LogP contribution in [0.25, 0.3) is 21.9 Å². The molecule has 35 heavy (non-hydrogen) atoms. The average Bonchev–Trinajstić information content (AvgIpc) is 3.13. The van der Waals surface area contributed by atoms with Crippen molar-refractivity contribution in [2.75, 3.05) is 0 Å². The molecule has 2 heterocycles. The highest BCUT2D eigenvalue weighted by atomic mass is 19.4. The highest BCUT2D eigenvalue weighted by molar-refractivity contribution is 5.96. The lowest BCUT2D eigenvalue weighted by molar-refractivity contribution is -0.167. The number of fused-ring (bicyclic) bond motifs is 2. The molecular weight excluding hydrogens is 460 g/mol. The maximum atomic E-state index is 14.4. The Morgan fingerprint density at radius 3 is 2.49 bits per heavy atom. The van der Waals surface area contributed by atoms with Crippen molar-refractivity contribution in [2.45, 2.75) is 43.7 Å². The van der Waals surface area contributed by atoms with Crippen molar-refractivity contribution >= 4 is 27.8 Å². The second-order valence-corrected chi connectivity index (χ2v) is 9.29. The fourth-order valence-electron chi connectivity index (χ4n) is 5.53. The van der Waals surface area contributed by atoms with Crippen molar-refractivity contribution < 1.29 is 22.4 Å². The third-order valence-electron chi connectivity index (χ3n) is 7.25. The van der Waals surface area contributed by atoms with E-state index >= 15 is 0 Å². The lowest BCUT2D eigenvalue weighted by Crippen LogP contribution is -2.32. The van der Waals surface area contributed by atoms with Crippen LogP contribution >= 0.6 is 0 Å². The Labute approximate surface area is 199 Å². The molecule has 0 radical (unpaired) electrons. The van der Waals surface area contributed by atoms with Gasteiger partial charge in [0, 0.05) is 24.2 Å². The zero-order valence-electron chi connectivity index (χ0n) is 19.0. The van der Waals surface area contributed by atoms with Crippen molar-refractivity contribution in [3.05, 3.63) is 71.4 Å². The fraction of sp³-hybridized carbons (Fsp3) is 0.346. The Hall–Kier alpha value is -3.49. The molecular formula is C26H24F4N4O. The molecule has 1 unspecified atom stereocenters. The van der Waals surface area contributed by atoms with Crippen LogP contribution in [0.2, 0.25) is 0 Å². The monoisotopic (exact) mass is 484 g/mol.